The molecule has 1 aliphatic heterocycles. The van der Waals surface area contributed by atoms with Crippen LogP contribution in [0.5, 0.6) is 0 Å². The molecule has 4 rings (SSSR count). The van der Waals surface area contributed by atoms with Crippen molar-refractivity contribution in [2.24, 2.45) is 0 Å². The highest BCUT2D eigenvalue weighted by molar-refractivity contribution is 7.92. The van der Waals surface area contributed by atoms with Crippen LogP contribution in [0.3, 0.4) is 0 Å². The molecule has 0 unspecified atom stereocenters. The molecule has 1 saturated heterocycles. The van der Waals surface area contributed by atoms with Crippen LogP contribution in [-0.2, 0) is 14.8 Å². The number of anilines is 2. The summed E-state index contributed by atoms with van der Waals surface area (Å²) in [6.45, 7) is 5.52. The van der Waals surface area contributed by atoms with E-state index in [1.807, 2.05) is 11.8 Å². The van der Waals surface area contributed by atoms with Gasteiger partial charge in [-0.15, -0.1) is 0 Å². The van der Waals surface area contributed by atoms with Gasteiger partial charge in [0, 0.05) is 43.8 Å². The lowest BCUT2D eigenvalue weighted by molar-refractivity contribution is -0.122. The number of nitrogens with zero attached hydrogens (tertiary/aromatic N) is 3. The highest BCUT2D eigenvalue weighted by atomic mass is 32.2. The summed E-state index contributed by atoms with van der Waals surface area (Å²) in [4.78, 5) is 32.9. The molecule has 1 fully saturated rings. The van der Waals surface area contributed by atoms with Crippen molar-refractivity contribution in [2.45, 2.75) is 18.2 Å². The summed E-state index contributed by atoms with van der Waals surface area (Å²) >= 11 is 0. The lowest BCUT2D eigenvalue weighted by atomic mass is 10.1. The number of benzene rings is 2. The van der Waals surface area contributed by atoms with E-state index in [2.05, 4.69) is 19.9 Å². The molecule has 1 aromatic heterocycles. The molecule has 190 valence electrons. The molecule has 36 heavy (non-hydrogen) atoms. The number of hydrogen-bond donors (Lipinski definition) is 3. The number of sulfonamides is 1. The van der Waals surface area contributed by atoms with Crippen LogP contribution < -0.4 is 14.9 Å². The van der Waals surface area contributed by atoms with Crippen molar-refractivity contribution in [1.29, 1.82) is 0 Å². The second kappa shape index (κ2) is 10.9. The van der Waals surface area contributed by atoms with Gasteiger partial charge in [0.2, 0.25) is 5.91 Å². The summed E-state index contributed by atoms with van der Waals surface area (Å²) < 4.78 is 27.9. The molecule has 0 atom stereocenters. The van der Waals surface area contributed by atoms with Crippen LogP contribution in [0.25, 0.3) is 10.9 Å². The Morgan fingerprint density at radius 2 is 1.75 bits per heavy atom. The standard InChI is InChI=1S/C25H29N5O5S/c1-2-10-26-24(31)17-29-11-13-30(14-12-29)23-16-21(25(32)33)20-15-18(8-9-22(20)27-23)28-36(34,35)19-6-4-3-5-7-19/h3-9,15-16,28H,2,10-14,17H2,1H3,(H,26,31)(H,32,33). The zero-order chi connectivity index (χ0) is 25.7. The first kappa shape index (κ1) is 25.4. The third-order valence-electron chi connectivity index (χ3n) is 5.97. The van der Waals surface area contributed by atoms with Crippen LogP contribution >= 0.6 is 0 Å². The Labute approximate surface area is 210 Å². The number of carboxylic acids is 1. The normalized spacial score (nSPS) is 14.5. The Kier molecular flexibility index (Phi) is 7.70. The van der Waals surface area contributed by atoms with Gasteiger partial charge in [-0.25, -0.2) is 18.2 Å². The number of carboxylic acid groups (broad SMARTS) is 1. The number of carbonyl (C=O) groups is 2. The lowest BCUT2D eigenvalue weighted by Gasteiger charge is -2.35. The molecule has 10 nitrogen and oxygen atoms in total. The van der Waals surface area contributed by atoms with E-state index in [-0.39, 0.29) is 22.1 Å². The minimum Gasteiger partial charge on any atom is -0.478 e. The number of rotatable bonds is 9. The van der Waals surface area contributed by atoms with Crippen molar-refractivity contribution >= 4 is 44.3 Å². The second-order valence-electron chi connectivity index (χ2n) is 8.60. The maximum atomic E-state index is 12.7. The van der Waals surface area contributed by atoms with Crippen LogP contribution in [0, 0.1) is 0 Å². The third-order valence-corrected chi connectivity index (χ3v) is 7.36. The molecule has 0 aliphatic carbocycles. The number of carbonyl (C=O) groups excluding carboxylic acids is 1. The molecule has 3 aromatic rings. The molecule has 2 aromatic carbocycles. The van der Waals surface area contributed by atoms with E-state index in [1.54, 1.807) is 30.3 Å². The highest BCUT2D eigenvalue weighted by Crippen LogP contribution is 2.27. The summed E-state index contributed by atoms with van der Waals surface area (Å²) in [5.74, 6) is -0.591. The van der Waals surface area contributed by atoms with Crippen molar-refractivity contribution in [2.75, 3.05) is 48.9 Å². The van der Waals surface area contributed by atoms with Crippen molar-refractivity contribution in [3.05, 3.63) is 60.2 Å². The van der Waals surface area contributed by atoms with E-state index in [4.69, 9.17) is 0 Å². The van der Waals surface area contributed by atoms with E-state index < -0.39 is 16.0 Å². The minimum atomic E-state index is -3.82. The third kappa shape index (κ3) is 5.92. The number of aromatic nitrogens is 1. The van der Waals surface area contributed by atoms with Gasteiger partial charge in [-0.05, 0) is 42.8 Å². The number of hydrogen-bond acceptors (Lipinski definition) is 7. The smallest absolute Gasteiger partial charge is 0.336 e. The molecular formula is C25H29N5O5S. The average molecular weight is 512 g/mol. The molecular weight excluding hydrogens is 482 g/mol. The molecule has 11 heteroatoms. The van der Waals surface area contributed by atoms with E-state index in [0.29, 0.717) is 56.0 Å². The molecule has 0 radical (unpaired) electrons. The summed E-state index contributed by atoms with van der Waals surface area (Å²) in [5, 5.41) is 13.1. The summed E-state index contributed by atoms with van der Waals surface area (Å²) in [7, 11) is -3.82. The first-order valence-electron chi connectivity index (χ1n) is 11.8. The molecule has 0 bridgehead atoms. The summed E-state index contributed by atoms with van der Waals surface area (Å²) in [5.41, 5.74) is 0.740. The number of piperazine rings is 1. The fourth-order valence-electron chi connectivity index (χ4n) is 4.09. The van der Waals surface area contributed by atoms with Crippen LogP contribution in [-0.4, -0.2) is 74.6 Å². The Bertz CT molecular complexity index is 1360. The van der Waals surface area contributed by atoms with Crippen molar-refractivity contribution in [1.82, 2.24) is 15.2 Å². The van der Waals surface area contributed by atoms with Crippen LogP contribution in [0.15, 0.2) is 59.5 Å². The summed E-state index contributed by atoms with van der Waals surface area (Å²) in [6.07, 6.45) is 0.888. The number of pyridine rings is 1. The van der Waals surface area contributed by atoms with Gasteiger partial charge >= 0.3 is 5.97 Å². The monoisotopic (exact) mass is 511 g/mol. The Morgan fingerprint density at radius 3 is 2.42 bits per heavy atom. The Morgan fingerprint density at radius 1 is 1.03 bits per heavy atom. The lowest BCUT2D eigenvalue weighted by Crippen LogP contribution is -2.49. The van der Waals surface area contributed by atoms with E-state index >= 15 is 0 Å². The van der Waals surface area contributed by atoms with E-state index in [0.717, 1.165) is 6.42 Å². The number of nitrogens with one attached hydrogen (secondary N) is 2. The zero-order valence-corrected chi connectivity index (χ0v) is 20.8. The fraction of sp³-hybridized carbons (Fsp3) is 0.320. The SMILES string of the molecule is CCCNC(=O)CN1CCN(c2cc(C(=O)O)c3cc(NS(=O)(=O)c4ccccc4)ccc3n2)CC1. The molecule has 1 aliphatic rings. The average Bonchev–Trinajstić information content (AvgIpc) is 2.87. The molecule has 1 amide bonds. The van der Waals surface area contributed by atoms with Gasteiger partial charge in [-0.2, -0.15) is 0 Å². The van der Waals surface area contributed by atoms with Crippen LogP contribution in [0.4, 0.5) is 11.5 Å². The van der Waals surface area contributed by atoms with Crippen LogP contribution in [0.1, 0.15) is 23.7 Å². The largest absolute Gasteiger partial charge is 0.478 e. The van der Waals surface area contributed by atoms with Gasteiger partial charge in [0.05, 0.1) is 22.5 Å². The maximum Gasteiger partial charge on any atom is 0.336 e. The molecule has 3 N–H and O–H groups in total. The summed E-state index contributed by atoms with van der Waals surface area (Å²) in [6, 6.07) is 14.1. The topological polar surface area (TPSA) is 132 Å². The number of aromatic carboxylic acids is 1. The number of fused-ring (bicyclic) bond motifs is 1. The molecule has 0 saturated carbocycles. The van der Waals surface area contributed by atoms with Crippen LogP contribution in [0.2, 0.25) is 0 Å². The Hall–Kier alpha value is -3.70. The first-order chi connectivity index (χ1) is 17.3. The number of amides is 1. The Balaban J connectivity index is 1.53. The van der Waals surface area contributed by atoms with Gasteiger partial charge in [0.25, 0.3) is 10.0 Å². The van der Waals surface area contributed by atoms with Gasteiger partial charge in [-0.1, -0.05) is 25.1 Å². The first-order valence-corrected chi connectivity index (χ1v) is 13.2. The van der Waals surface area contributed by atoms with Crippen molar-refractivity contribution < 1.29 is 23.1 Å². The fourth-order valence-corrected chi connectivity index (χ4v) is 5.16. The van der Waals surface area contributed by atoms with Crippen molar-refractivity contribution in [3.63, 3.8) is 0 Å². The predicted molar refractivity (Wildman–Crippen MR) is 138 cm³/mol. The zero-order valence-electron chi connectivity index (χ0n) is 20.0. The van der Waals surface area contributed by atoms with Crippen molar-refractivity contribution in [3.8, 4) is 0 Å². The van der Waals surface area contributed by atoms with E-state index in [9.17, 15) is 23.1 Å². The minimum absolute atomic E-state index is 0.000913. The highest BCUT2D eigenvalue weighted by Gasteiger charge is 2.22. The van der Waals surface area contributed by atoms with Gasteiger partial charge in [0.1, 0.15) is 5.82 Å². The van der Waals surface area contributed by atoms with Gasteiger partial charge < -0.3 is 15.3 Å². The van der Waals surface area contributed by atoms with Gasteiger partial charge in [0.15, 0.2) is 0 Å². The predicted octanol–water partition coefficient (Wildman–Crippen LogP) is 2.38. The quantitative estimate of drug-likeness (QED) is 0.399. The van der Waals surface area contributed by atoms with Gasteiger partial charge in [-0.3, -0.25) is 14.4 Å². The second-order valence-corrected chi connectivity index (χ2v) is 10.3. The maximum absolute atomic E-state index is 12.7. The van der Waals surface area contributed by atoms with E-state index in [1.165, 1.54) is 24.3 Å². The molecule has 2 heterocycles. The molecule has 0 spiro atoms.